The molecule has 0 saturated heterocycles. The summed E-state index contributed by atoms with van der Waals surface area (Å²) in [5.41, 5.74) is 3.28. The zero-order valence-electron chi connectivity index (χ0n) is 11.9. The van der Waals surface area contributed by atoms with E-state index >= 15 is 0 Å². The van der Waals surface area contributed by atoms with E-state index in [0.29, 0.717) is 15.7 Å². The van der Waals surface area contributed by atoms with E-state index in [2.05, 4.69) is 20.2 Å². The number of hydrogen-bond acceptors (Lipinski definition) is 4. The van der Waals surface area contributed by atoms with Gasteiger partial charge in [0.25, 0.3) is 0 Å². The van der Waals surface area contributed by atoms with Crippen molar-refractivity contribution in [2.24, 2.45) is 10.2 Å². The fraction of sp³-hybridized carbons (Fsp3) is 0.133. The Morgan fingerprint density at radius 2 is 1.91 bits per heavy atom. The maximum absolute atomic E-state index is 10.1. The molecule has 7 heteroatoms. The fourth-order valence-corrected chi connectivity index (χ4v) is 2.72. The minimum Gasteiger partial charge on any atom is -0.493 e. The Hall–Kier alpha value is -2.11. The van der Waals surface area contributed by atoms with Gasteiger partial charge in [0.1, 0.15) is 0 Å². The summed E-state index contributed by atoms with van der Waals surface area (Å²) < 4.78 is 0. The third-order valence-electron chi connectivity index (χ3n) is 3.24. The molecule has 0 bridgehead atoms. The largest absolute Gasteiger partial charge is 0.493 e. The van der Waals surface area contributed by atoms with Gasteiger partial charge >= 0.3 is 0 Å². The van der Waals surface area contributed by atoms with Gasteiger partial charge in [-0.1, -0.05) is 34.8 Å². The van der Waals surface area contributed by atoms with Crippen LogP contribution in [0.25, 0.3) is 10.9 Å². The molecule has 3 aromatic rings. The topological polar surface area (TPSA) is 73.6 Å². The molecule has 0 saturated carbocycles. The van der Waals surface area contributed by atoms with Crippen LogP contribution in [-0.2, 0) is 0 Å². The number of aromatic amines is 1. The number of rotatable bonds is 2. The lowest BCUT2D eigenvalue weighted by molar-refractivity contribution is 0.459. The van der Waals surface area contributed by atoms with Crippen molar-refractivity contribution < 1.29 is 5.11 Å². The number of fused-ring (bicyclic) bond motifs is 1. The van der Waals surface area contributed by atoms with Crippen LogP contribution in [0.2, 0.25) is 10.0 Å². The highest BCUT2D eigenvalue weighted by Crippen LogP contribution is 2.38. The standard InChI is InChI=1S/C15H12Cl2N4O/c1-7-3-8(2)12-10(4-7)13(15(22)19-12)20-21-14-11(17)5-9(16)6-18-14/h3-6,19,22H,1-2H3. The number of hydrogen-bond donors (Lipinski definition) is 2. The van der Waals surface area contributed by atoms with Gasteiger partial charge in [-0.2, -0.15) is 0 Å². The van der Waals surface area contributed by atoms with E-state index in [1.54, 1.807) is 0 Å². The van der Waals surface area contributed by atoms with Gasteiger partial charge in [0.05, 0.1) is 15.6 Å². The molecule has 0 aliphatic heterocycles. The SMILES string of the molecule is Cc1cc(C)c2[nH]c(O)c(N=Nc3ncc(Cl)cc3Cl)c2c1. The molecule has 2 heterocycles. The van der Waals surface area contributed by atoms with Gasteiger partial charge in [0.15, 0.2) is 11.5 Å². The number of nitrogens with zero attached hydrogens (tertiary/aromatic N) is 3. The van der Waals surface area contributed by atoms with Gasteiger partial charge in [-0.05, 0) is 31.5 Å². The maximum atomic E-state index is 10.1. The predicted molar refractivity (Wildman–Crippen MR) is 87.9 cm³/mol. The van der Waals surface area contributed by atoms with Gasteiger partial charge in [-0.25, -0.2) is 4.98 Å². The number of aryl methyl sites for hydroxylation is 2. The van der Waals surface area contributed by atoms with Gasteiger partial charge < -0.3 is 10.1 Å². The van der Waals surface area contributed by atoms with Crippen molar-refractivity contribution in [3.05, 3.63) is 45.6 Å². The molecule has 0 aliphatic rings. The summed E-state index contributed by atoms with van der Waals surface area (Å²) in [5.74, 6) is 0.196. The third kappa shape index (κ3) is 2.65. The molecular formula is C15H12Cl2N4O. The molecule has 0 amide bonds. The number of nitrogens with one attached hydrogen (secondary N) is 1. The van der Waals surface area contributed by atoms with Gasteiger partial charge in [-0.15, -0.1) is 10.2 Å². The first-order valence-corrected chi connectivity index (χ1v) is 7.26. The van der Waals surface area contributed by atoms with Crippen molar-refractivity contribution in [3.63, 3.8) is 0 Å². The minimum atomic E-state index is -0.0439. The summed E-state index contributed by atoms with van der Waals surface area (Å²) >= 11 is 11.8. The Labute approximate surface area is 136 Å². The second kappa shape index (κ2) is 5.59. The molecule has 5 nitrogen and oxygen atoms in total. The summed E-state index contributed by atoms with van der Waals surface area (Å²) in [4.78, 5) is 6.92. The molecule has 1 aromatic carbocycles. The molecule has 0 atom stereocenters. The van der Waals surface area contributed by atoms with Crippen LogP contribution in [-0.4, -0.2) is 15.1 Å². The van der Waals surface area contributed by atoms with Crippen molar-refractivity contribution in [3.8, 4) is 5.88 Å². The molecule has 2 aromatic heterocycles. The van der Waals surface area contributed by atoms with Crippen molar-refractivity contribution >= 4 is 45.6 Å². The number of aromatic hydroxyl groups is 1. The maximum Gasteiger partial charge on any atom is 0.218 e. The molecular weight excluding hydrogens is 323 g/mol. The Kier molecular flexibility index (Phi) is 3.76. The third-order valence-corrected chi connectivity index (χ3v) is 3.72. The smallest absolute Gasteiger partial charge is 0.218 e. The van der Waals surface area contributed by atoms with Gasteiger partial charge in [0.2, 0.25) is 5.88 Å². The number of aromatic nitrogens is 2. The zero-order chi connectivity index (χ0) is 15.9. The zero-order valence-corrected chi connectivity index (χ0v) is 13.4. The summed E-state index contributed by atoms with van der Waals surface area (Å²) in [6, 6.07) is 5.49. The highest BCUT2D eigenvalue weighted by molar-refractivity contribution is 6.35. The van der Waals surface area contributed by atoms with Gasteiger partial charge in [-0.3, -0.25) is 0 Å². The summed E-state index contributed by atoms with van der Waals surface area (Å²) in [6.45, 7) is 3.94. The lowest BCUT2D eigenvalue weighted by Crippen LogP contribution is -1.79. The number of azo groups is 1. The van der Waals surface area contributed by atoms with Crippen molar-refractivity contribution in [1.29, 1.82) is 0 Å². The van der Waals surface area contributed by atoms with Crippen LogP contribution in [0.15, 0.2) is 34.6 Å². The number of halogens is 2. The van der Waals surface area contributed by atoms with Crippen LogP contribution in [0.4, 0.5) is 11.5 Å². The summed E-state index contributed by atoms with van der Waals surface area (Å²) in [5, 5.41) is 19.7. The molecule has 0 fully saturated rings. The summed E-state index contributed by atoms with van der Waals surface area (Å²) in [6.07, 6.45) is 1.44. The van der Waals surface area contributed by atoms with E-state index in [9.17, 15) is 5.11 Å². The normalized spacial score (nSPS) is 11.6. The first-order chi connectivity index (χ1) is 10.5. The van der Waals surface area contributed by atoms with Crippen LogP contribution in [0.1, 0.15) is 11.1 Å². The van der Waals surface area contributed by atoms with Crippen LogP contribution in [0, 0.1) is 13.8 Å². The molecule has 22 heavy (non-hydrogen) atoms. The van der Waals surface area contributed by atoms with E-state index in [1.165, 1.54) is 12.3 Å². The molecule has 0 radical (unpaired) electrons. The predicted octanol–water partition coefficient (Wildman–Crippen LogP) is 5.61. The molecule has 2 N–H and O–H groups in total. The van der Waals surface area contributed by atoms with Crippen LogP contribution in [0.3, 0.4) is 0 Å². The summed E-state index contributed by atoms with van der Waals surface area (Å²) in [7, 11) is 0. The van der Waals surface area contributed by atoms with Crippen LogP contribution in [0.5, 0.6) is 5.88 Å². The number of H-pyrrole nitrogens is 1. The van der Waals surface area contributed by atoms with E-state index in [-0.39, 0.29) is 11.7 Å². The van der Waals surface area contributed by atoms with Crippen molar-refractivity contribution in [1.82, 2.24) is 9.97 Å². The van der Waals surface area contributed by atoms with E-state index in [0.717, 1.165) is 22.0 Å². The monoisotopic (exact) mass is 334 g/mol. The second-order valence-electron chi connectivity index (χ2n) is 4.99. The fourth-order valence-electron chi connectivity index (χ4n) is 2.30. The average Bonchev–Trinajstić information content (AvgIpc) is 2.75. The molecule has 112 valence electrons. The highest BCUT2D eigenvalue weighted by atomic mass is 35.5. The quantitative estimate of drug-likeness (QED) is 0.598. The minimum absolute atomic E-state index is 0.0439. The lowest BCUT2D eigenvalue weighted by Gasteiger charge is -1.99. The number of pyridine rings is 1. The molecule has 0 spiro atoms. The van der Waals surface area contributed by atoms with Crippen molar-refractivity contribution in [2.75, 3.05) is 0 Å². The number of benzene rings is 1. The van der Waals surface area contributed by atoms with Crippen LogP contribution < -0.4 is 0 Å². The van der Waals surface area contributed by atoms with E-state index in [1.807, 2.05) is 26.0 Å². The second-order valence-corrected chi connectivity index (χ2v) is 5.83. The molecule has 3 rings (SSSR count). The lowest BCUT2D eigenvalue weighted by atomic mass is 10.1. The Morgan fingerprint density at radius 3 is 2.64 bits per heavy atom. The Balaban J connectivity index is 2.10. The average molecular weight is 335 g/mol. The molecule has 0 aliphatic carbocycles. The van der Waals surface area contributed by atoms with Gasteiger partial charge in [0, 0.05) is 11.6 Å². The first-order valence-electron chi connectivity index (χ1n) is 6.50. The Morgan fingerprint density at radius 1 is 1.14 bits per heavy atom. The Bertz CT molecular complexity index is 902. The van der Waals surface area contributed by atoms with E-state index in [4.69, 9.17) is 23.2 Å². The van der Waals surface area contributed by atoms with Crippen LogP contribution >= 0.6 is 23.2 Å². The van der Waals surface area contributed by atoms with E-state index < -0.39 is 0 Å². The molecule has 0 unspecified atom stereocenters. The van der Waals surface area contributed by atoms with Crippen molar-refractivity contribution in [2.45, 2.75) is 13.8 Å². The highest BCUT2D eigenvalue weighted by Gasteiger charge is 2.13. The first kappa shape index (κ1) is 14.8.